The molecule has 0 bridgehead atoms. The molecule has 2 aromatic rings. The molecule has 0 aliphatic heterocycles. The van der Waals surface area contributed by atoms with Crippen LogP contribution in [0.1, 0.15) is 35.1 Å². The SMILES string of the molecule is CC(=O)/C=C\C(=O)Cc1ccc(Cc2ccc(C3C(=O)C=CC3=O)cc2)cc1. The third-order valence-corrected chi connectivity index (χ3v) is 4.61. The lowest BCUT2D eigenvalue weighted by molar-refractivity contribution is -0.122. The quantitative estimate of drug-likeness (QED) is 0.552. The highest BCUT2D eigenvalue weighted by Gasteiger charge is 2.29. The van der Waals surface area contributed by atoms with Gasteiger partial charge in [-0.25, -0.2) is 0 Å². The molecule has 28 heavy (non-hydrogen) atoms. The third kappa shape index (κ3) is 4.86. The Labute approximate surface area is 163 Å². The lowest BCUT2D eigenvalue weighted by atomic mass is 9.93. The van der Waals surface area contributed by atoms with Crippen LogP contribution in [0.15, 0.2) is 72.8 Å². The summed E-state index contributed by atoms with van der Waals surface area (Å²) in [5.41, 5.74) is 3.78. The highest BCUT2D eigenvalue weighted by molar-refractivity contribution is 6.22. The van der Waals surface area contributed by atoms with Crippen LogP contribution < -0.4 is 0 Å². The summed E-state index contributed by atoms with van der Waals surface area (Å²) in [6, 6.07) is 15.3. The Kier molecular flexibility index (Phi) is 5.90. The Hall–Kier alpha value is -3.40. The standard InChI is InChI=1S/C24H20O4/c1-16(25)2-11-21(26)15-19-5-3-17(4-6-19)14-18-7-9-20(10-8-18)24-22(27)12-13-23(24)28/h2-13,24H,14-15H2,1H3/b11-2-. The Morgan fingerprint density at radius 1 is 0.786 bits per heavy atom. The lowest BCUT2D eigenvalue weighted by Gasteiger charge is -2.09. The summed E-state index contributed by atoms with van der Waals surface area (Å²) in [5.74, 6) is -1.28. The molecule has 0 fully saturated rings. The summed E-state index contributed by atoms with van der Waals surface area (Å²) >= 11 is 0. The number of carbonyl (C=O) groups excluding carboxylic acids is 4. The lowest BCUT2D eigenvalue weighted by Crippen LogP contribution is -2.12. The van der Waals surface area contributed by atoms with E-state index in [0.29, 0.717) is 6.42 Å². The van der Waals surface area contributed by atoms with Gasteiger partial charge in [-0.2, -0.15) is 0 Å². The predicted molar refractivity (Wildman–Crippen MR) is 106 cm³/mol. The second-order valence-electron chi connectivity index (χ2n) is 6.89. The van der Waals surface area contributed by atoms with Gasteiger partial charge in [-0.1, -0.05) is 48.5 Å². The van der Waals surface area contributed by atoms with Gasteiger partial charge in [0.05, 0.1) is 0 Å². The average Bonchev–Trinajstić information content (AvgIpc) is 3.01. The highest BCUT2D eigenvalue weighted by atomic mass is 16.2. The van der Waals surface area contributed by atoms with Crippen molar-refractivity contribution in [1.82, 2.24) is 0 Å². The van der Waals surface area contributed by atoms with Crippen LogP contribution in [0.5, 0.6) is 0 Å². The maximum Gasteiger partial charge on any atom is 0.171 e. The maximum atomic E-state index is 11.8. The van der Waals surface area contributed by atoms with E-state index >= 15 is 0 Å². The fourth-order valence-electron chi connectivity index (χ4n) is 3.13. The number of benzene rings is 2. The van der Waals surface area contributed by atoms with Gasteiger partial charge in [0.2, 0.25) is 0 Å². The van der Waals surface area contributed by atoms with E-state index in [1.807, 2.05) is 48.5 Å². The zero-order valence-corrected chi connectivity index (χ0v) is 15.6. The summed E-state index contributed by atoms with van der Waals surface area (Å²) in [4.78, 5) is 46.2. The van der Waals surface area contributed by atoms with Crippen molar-refractivity contribution >= 4 is 23.1 Å². The van der Waals surface area contributed by atoms with Crippen molar-refractivity contribution in [1.29, 1.82) is 0 Å². The van der Waals surface area contributed by atoms with Crippen LogP contribution in [0.25, 0.3) is 0 Å². The van der Waals surface area contributed by atoms with E-state index < -0.39 is 5.92 Å². The van der Waals surface area contributed by atoms with Crippen LogP contribution in [-0.2, 0) is 32.0 Å². The van der Waals surface area contributed by atoms with Gasteiger partial charge in [0.15, 0.2) is 23.1 Å². The summed E-state index contributed by atoms with van der Waals surface area (Å²) in [7, 11) is 0. The molecule has 0 aromatic heterocycles. The van der Waals surface area contributed by atoms with Gasteiger partial charge in [0, 0.05) is 6.42 Å². The normalized spacial score (nSPS) is 14.2. The molecule has 1 aliphatic carbocycles. The van der Waals surface area contributed by atoms with Crippen molar-refractivity contribution in [3.63, 3.8) is 0 Å². The van der Waals surface area contributed by atoms with E-state index in [0.717, 1.165) is 22.3 Å². The highest BCUT2D eigenvalue weighted by Crippen LogP contribution is 2.24. The van der Waals surface area contributed by atoms with E-state index in [9.17, 15) is 19.2 Å². The molecule has 0 N–H and O–H groups in total. The van der Waals surface area contributed by atoms with Crippen LogP contribution in [0, 0.1) is 0 Å². The minimum absolute atomic E-state index is 0.107. The van der Waals surface area contributed by atoms with Crippen LogP contribution >= 0.6 is 0 Å². The number of hydrogen-bond donors (Lipinski definition) is 0. The summed E-state index contributed by atoms with van der Waals surface area (Å²) in [5, 5.41) is 0. The molecule has 1 aliphatic rings. The number of ketones is 4. The van der Waals surface area contributed by atoms with Crippen LogP contribution in [0.3, 0.4) is 0 Å². The van der Waals surface area contributed by atoms with Crippen LogP contribution in [0.2, 0.25) is 0 Å². The van der Waals surface area contributed by atoms with E-state index in [4.69, 9.17) is 0 Å². The minimum Gasteiger partial charge on any atom is -0.295 e. The Bertz CT molecular complexity index is 958. The fourth-order valence-corrected chi connectivity index (χ4v) is 3.13. The van der Waals surface area contributed by atoms with Gasteiger partial charge < -0.3 is 0 Å². The van der Waals surface area contributed by atoms with E-state index in [1.54, 1.807) is 0 Å². The zero-order valence-electron chi connectivity index (χ0n) is 15.6. The zero-order chi connectivity index (χ0) is 20.1. The fraction of sp³-hybridized carbons (Fsp3) is 0.167. The predicted octanol–water partition coefficient (Wildman–Crippen LogP) is 3.33. The molecular formula is C24H20O4. The smallest absolute Gasteiger partial charge is 0.171 e. The minimum atomic E-state index is -0.692. The summed E-state index contributed by atoms with van der Waals surface area (Å²) < 4.78 is 0. The molecule has 0 atom stereocenters. The Morgan fingerprint density at radius 3 is 1.82 bits per heavy atom. The van der Waals surface area contributed by atoms with Crippen molar-refractivity contribution < 1.29 is 19.2 Å². The third-order valence-electron chi connectivity index (χ3n) is 4.61. The van der Waals surface area contributed by atoms with Crippen molar-refractivity contribution in [2.45, 2.75) is 25.7 Å². The molecule has 0 radical (unpaired) electrons. The van der Waals surface area contributed by atoms with E-state index in [1.165, 1.54) is 31.2 Å². The van der Waals surface area contributed by atoms with Crippen molar-refractivity contribution in [2.24, 2.45) is 0 Å². The number of hydrogen-bond acceptors (Lipinski definition) is 4. The molecule has 0 amide bonds. The molecule has 0 saturated carbocycles. The van der Waals surface area contributed by atoms with Gasteiger partial charge in [-0.3, -0.25) is 19.2 Å². The number of allylic oxidation sites excluding steroid dienone is 4. The van der Waals surface area contributed by atoms with Crippen LogP contribution in [0.4, 0.5) is 0 Å². The van der Waals surface area contributed by atoms with E-state index in [2.05, 4.69) is 0 Å². The largest absolute Gasteiger partial charge is 0.295 e. The van der Waals surface area contributed by atoms with Crippen molar-refractivity contribution in [3.8, 4) is 0 Å². The molecule has 0 saturated heterocycles. The van der Waals surface area contributed by atoms with Gasteiger partial charge in [-0.15, -0.1) is 0 Å². The Balaban J connectivity index is 1.61. The molecule has 0 unspecified atom stereocenters. The number of carbonyl (C=O) groups is 4. The first-order chi connectivity index (χ1) is 13.4. The molecule has 4 heteroatoms. The second kappa shape index (κ2) is 8.53. The monoisotopic (exact) mass is 372 g/mol. The van der Waals surface area contributed by atoms with E-state index in [-0.39, 0.29) is 29.6 Å². The number of rotatable bonds is 7. The first-order valence-corrected chi connectivity index (χ1v) is 9.06. The molecule has 3 rings (SSSR count). The van der Waals surface area contributed by atoms with Crippen molar-refractivity contribution in [2.75, 3.05) is 0 Å². The van der Waals surface area contributed by atoms with Crippen molar-refractivity contribution in [3.05, 3.63) is 95.1 Å². The summed E-state index contributed by atoms with van der Waals surface area (Å²) in [6.07, 6.45) is 6.24. The Morgan fingerprint density at radius 2 is 1.29 bits per heavy atom. The topological polar surface area (TPSA) is 68.3 Å². The molecule has 2 aromatic carbocycles. The summed E-state index contributed by atoms with van der Waals surface area (Å²) in [6.45, 7) is 1.41. The molecule has 0 spiro atoms. The maximum absolute atomic E-state index is 11.8. The van der Waals surface area contributed by atoms with Crippen LogP contribution in [-0.4, -0.2) is 23.1 Å². The molecular weight excluding hydrogens is 352 g/mol. The van der Waals surface area contributed by atoms with Gasteiger partial charge in [0.1, 0.15) is 5.92 Å². The first kappa shape index (κ1) is 19.4. The second-order valence-corrected chi connectivity index (χ2v) is 6.89. The van der Waals surface area contributed by atoms with Gasteiger partial charge in [-0.05, 0) is 59.9 Å². The average molecular weight is 372 g/mol. The van der Waals surface area contributed by atoms with Gasteiger partial charge in [0.25, 0.3) is 0 Å². The molecule has 140 valence electrons. The molecule has 0 heterocycles. The first-order valence-electron chi connectivity index (χ1n) is 9.06. The van der Waals surface area contributed by atoms with Gasteiger partial charge >= 0.3 is 0 Å². The molecule has 4 nitrogen and oxygen atoms in total.